The van der Waals surface area contributed by atoms with Crippen molar-refractivity contribution in [3.05, 3.63) is 0 Å². The zero-order valence-corrected chi connectivity index (χ0v) is 46.2. The minimum absolute atomic E-state index is 0.0643. The molecule has 0 aliphatic heterocycles. The molecule has 0 aromatic rings. The van der Waals surface area contributed by atoms with E-state index in [1.807, 2.05) is 0 Å². The second-order valence-corrected chi connectivity index (χ2v) is 22.0. The van der Waals surface area contributed by atoms with Crippen LogP contribution in [-0.4, -0.2) is 83.5 Å². The van der Waals surface area contributed by atoms with Gasteiger partial charge in [-0.15, -0.1) is 0 Å². The molecule has 0 heterocycles. The molecule has 1 rings (SSSR count). The first-order chi connectivity index (χ1) is 32.9. The van der Waals surface area contributed by atoms with E-state index in [2.05, 4.69) is 42.4 Å². The lowest BCUT2D eigenvalue weighted by Crippen LogP contribution is -2.39. The number of nitrogens with zero attached hydrogens (tertiary/aromatic N) is 3. The van der Waals surface area contributed by atoms with Crippen molar-refractivity contribution in [3.8, 4) is 0 Å². The Labute approximate surface area is 420 Å². The number of unbranched alkanes of at least 4 members (excludes halogenated alkanes) is 36. The summed E-state index contributed by atoms with van der Waals surface area (Å²) in [5.41, 5.74) is 0. The molecule has 0 saturated heterocycles. The SMILES string of the molecule is CCCCCCCCCCN(CCCCCCCCN(CCCCCCCCN(CCCCCCCCCC)C(=O)CCCCCCCCC)CC1CC(O)C1)C(=O)CCCCCCCCC. The van der Waals surface area contributed by atoms with E-state index in [9.17, 15) is 14.7 Å². The lowest BCUT2D eigenvalue weighted by Gasteiger charge is -2.36. The molecule has 0 atom stereocenters. The topological polar surface area (TPSA) is 64.1 Å². The average molecular weight is 945 g/mol. The van der Waals surface area contributed by atoms with Gasteiger partial charge in [0.15, 0.2) is 0 Å². The number of hydrogen-bond acceptors (Lipinski definition) is 4. The van der Waals surface area contributed by atoms with Gasteiger partial charge in [0.05, 0.1) is 6.10 Å². The smallest absolute Gasteiger partial charge is 0.222 e. The fourth-order valence-corrected chi connectivity index (χ4v) is 10.6. The molecule has 0 radical (unpaired) electrons. The van der Waals surface area contributed by atoms with Crippen LogP contribution in [0.2, 0.25) is 0 Å². The highest BCUT2D eigenvalue weighted by Gasteiger charge is 2.28. The van der Waals surface area contributed by atoms with E-state index in [1.54, 1.807) is 0 Å². The first kappa shape index (κ1) is 63.9. The third-order valence-corrected chi connectivity index (χ3v) is 15.3. The van der Waals surface area contributed by atoms with E-state index in [0.29, 0.717) is 17.7 Å². The van der Waals surface area contributed by atoms with Crippen molar-refractivity contribution in [1.82, 2.24) is 14.7 Å². The molecule has 0 unspecified atom stereocenters. The zero-order valence-electron chi connectivity index (χ0n) is 46.2. The van der Waals surface area contributed by atoms with Crippen molar-refractivity contribution in [2.45, 2.75) is 329 Å². The standard InChI is InChI=1S/C61H121N3O3/c1-5-9-13-17-21-25-35-43-51-63(60(66)47-39-31-23-19-15-11-7-3)53-45-37-29-27-33-41-49-62(57-58-55-59(65)56-58)50-42-34-28-30-38-46-54-64(52-44-36-26-22-18-14-10-6-2)61(67)48-40-32-24-20-16-12-8-4/h58-59,65H,5-57H2,1-4H3. The quantitative estimate of drug-likeness (QED) is 0.0617. The van der Waals surface area contributed by atoms with E-state index < -0.39 is 0 Å². The van der Waals surface area contributed by atoms with Gasteiger partial charge in [-0.05, 0) is 83.2 Å². The Hall–Kier alpha value is -1.14. The van der Waals surface area contributed by atoms with Gasteiger partial charge in [-0.2, -0.15) is 0 Å². The fraction of sp³-hybridized carbons (Fsp3) is 0.967. The summed E-state index contributed by atoms with van der Waals surface area (Å²) in [7, 11) is 0. The van der Waals surface area contributed by atoms with Gasteiger partial charge in [0, 0.05) is 45.6 Å². The molecule has 0 aromatic heterocycles. The predicted octanol–water partition coefficient (Wildman–Crippen LogP) is 18.0. The number of aliphatic hydroxyl groups is 1. The highest BCUT2D eigenvalue weighted by atomic mass is 16.3. The second-order valence-electron chi connectivity index (χ2n) is 22.0. The summed E-state index contributed by atoms with van der Waals surface area (Å²) in [6.45, 7) is 16.6. The van der Waals surface area contributed by atoms with Crippen molar-refractivity contribution >= 4 is 11.8 Å². The maximum absolute atomic E-state index is 13.3. The highest BCUT2D eigenvalue weighted by molar-refractivity contribution is 5.76. The second kappa shape index (κ2) is 49.8. The van der Waals surface area contributed by atoms with Crippen LogP contribution in [0.3, 0.4) is 0 Å². The van der Waals surface area contributed by atoms with E-state index in [-0.39, 0.29) is 6.10 Å². The molecule has 1 N–H and O–H groups in total. The van der Waals surface area contributed by atoms with Gasteiger partial charge in [-0.3, -0.25) is 9.59 Å². The fourth-order valence-electron chi connectivity index (χ4n) is 10.6. The molecule has 1 aliphatic carbocycles. The molecule has 1 saturated carbocycles. The molecule has 6 nitrogen and oxygen atoms in total. The van der Waals surface area contributed by atoms with Crippen LogP contribution in [0.4, 0.5) is 0 Å². The third-order valence-electron chi connectivity index (χ3n) is 15.3. The zero-order chi connectivity index (χ0) is 48.5. The van der Waals surface area contributed by atoms with Crippen LogP contribution in [0.15, 0.2) is 0 Å². The van der Waals surface area contributed by atoms with E-state index >= 15 is 0 Å². The lowest BCUT2D eigenvalue weighted by molar-refractivity contribution is -0.132. The average Bonchev–Trinajstić information content (AvgIpc) is 3.31. The van der Waals surface area contributed by atoms with E-state index in [1.165, 1.54) is 264 Å². The summed E-state index contributed by atoms with van der Waals surface area (Å²) < 4.78 is 0. The molecule has 1 fully saturated rings. The first-order valence-corrected chi connectivity index (χ1v) is 30.9. The number of rotatable bonds is 54. The van der Waals surface area contributed by atoms with Gasteiger partial charge in [-0.25, -0.2) is 0 Å². The Morgan fingerprint density at radius 3 is 0.806 bits per heavy atom. The first-order valence-electron chi connectivity index (χ1n) is 30.9. The van der Waals surface area contributed by atoms with Crippen LogP contribution in [-0.2, 0) is 9.59 Å². The predicted molar refractivity (Wildman–Crippen MR) is 294 cm³/mol. The molecular weight excluding hydrogens is 823 g/mol. The molecule has 1 aliphatic rings. The monoisotopic (exact) mass is 944 g/mol. The molecule has 0 spiro atoms. The Balaban J connectivity index is 2.38. The summed E-state index contributed by atoms with van der Waals surface area (Å²) in [4.78, 5) is 33.9. The van der Waals surface area contributed by atoms with Gasteiger partial charge in [0.25, 0.3) is 0 Å². The van der Waals surface area contributed by atoms with Crippen LogP contribution in [0.5, 0.6) is 0 Å². The normalized spacial score (nSPS) is 14.8. The molecule has 6 heteroatoms. The van der Waals surface area contributed by atoms with Crippen LogP contribution in [0.25, 0.3) is 0 Å². The molecule has 2 amide bonds. The van der Waals surface area contributed by atoms with Crippen molar-refractivity contribution in [2.24, 2.45) is 5.92 Å². The Morgan fingerprint density at radius 1 is 0.328 bits per heavy atom. The number of hydrogen-bond donors (Lipinski definition) is 1. The number of amides is 2. The van der Waals surface area contributed by atoms with Crippen LogP contribution in [0.1, 0.15) is 323 Å². The summed E-state index contributed by atoms with van der Waals surface area (Å²) in [6, 6.07) is 0. The maximum atomic E-state index is 13.3. The van der Waals surface area contributed by atoms with E-state index in [4.69, 9.17) is 0 Å². The number of carbonyl (C=O) groups is 2. The van der Waals surface area contributed by atoms with Gasteiger partial charge >= 0.3 is 0 Å². The van der Waals surface area contributed by atoms with Crippen LogP contribution in [0, 0.1) is 5.92 Å². The summed E-state index contributed by atoms with van der Waals surface area (Å²) in [6.07, 6.45) is 57.5. The van der Waals surface area contributed by atoms with Gasteiger partial charge in [-0.1, -0.05) is 246 Å². The highest BCUT2D eigenvalue weighted by Crippen LogP contribution is 2.28. The Kier molecular flexibility index (Phi) is 47.5. The molecule has 0 aromatic carbocycles. The van der Waals surface area contributed by atoms with E-state index in [0.717, 1.165) is 77.5 Å². The molecule has 67 heavy (non-hydrogen) atoms. The maximum Gasteiger partial charge on any atom is 0.222 e. The lowest BCUT2D eigenvalue weighted by atomic mass is 9.82. The van der Waals surface area contributed by atoms with Crippen molar-refractivity contribution < 1.29 is 14.7 Å². The number of aliphatic hydroxyl groups excluding tert-OH is 1. The molecule has 0 bridgehead atoms. The number of carbonyl (C=O) groups excluding carboxylic acids is 2. The minimum Gasteiger partial charge on any atom is -0.393 e. The summed E-state index contributed by atoms with van der Waals surface area (Å²) in [5.74, 6) is 1.52. The summed E-state index contributed by atoms with van der Waals surface area (Å²) in [5, 5.41) is 9.99. The van der Waals surface area contributed by atoms with Crippen molar-refractivity contribution in [2.75, 3.05) is 45.8 Å². The minimum atomic E-state index is -0.0643. The van der Waals surface area contributed by atoms with Gasteiger partial charge < -0.3 is 19.8 Å². The van der Waals surface area contributed by atoms with Gasteiger partial charge in [0.2, 0.25) is 11.8 Å². The van der Waals surface area contributed by atoms with Crippen LogP contribution < -0.4 is 0 Å². The molecular formula is C61H121N3O3. The third kappa shape index (κ3) is 41.2. The van der Waals surface area contributed by atoms with Crippen LogP contribution >= 0.6 is 0 Å². The summed E-state index contributed by atoms with van der Waals surface area (Å²) >= 11 is 0. The Bertz CT molecular complexity index is 963. The Morgan fingerprint density at radius 2 is 0.552 bits per heavy atom. The van der Waals surface area contributed by atoms with Crippen molar-refractivity contribution in [3.63, 3.8) is 0 Å². The molecule has 398 valence electrons. The van der Waals surface area contributed by atoms with Gasteiger partial charge in [0.1, 0.15) is 0 Å². The van der Waals surface area contributed by atoms with Crippen molar-refractivity contribution in [1.29, 1.82) is 0 Å². The largest absolute Gasteiger partial charge is 0.393 e.